The summed E-state index contributed by atoms with van der Waals surface area (Å²) >= 11 is 1.35. The number of anilines is 1. The van der Waals surface area contributed by atoms with E-state index in [1.165, 1.54) is 22.1 Å². The van der Waals surface area contributed by atoms with Crippen LogP contribution < -0.4 is 5.32 Å². The molecule has 8 nitrogen and oxygen atoms in total. The fraction of sp³-hybridized carbons (Fsp3) is 0.458. The molecule has 1 N–H and O–H groups in total. The summed E-state index contributed by atoms with van der Waals surface area (Å²) in [6, 6.07) is 9.22. The van der Waals surface area contributed by atoms with Crippen molar-refractivity contribution in [2.45, 2.75) is 56.8 Å². The Labute approximate surface area is 203 Å². The highest BCUT2D eigenvalue weighted by Crippen LogP contribution is 2.38. The lowest BCUT2D eigenvalue weighted by atomic mass is 9.85. The molecule has 1 atom stereocenters. The summed E-state index contributed by atoms with van der Waals surface area (Å²) < 4.78 is 33.9. The molecule has 0 spiro atoms. The lowest BCUT2D eigenvalue weighted by Gasteiger charge is -2.31. The number of nitrogens with zero attached hydrogens (tertiary/aromatic N) is 3. The maximum absolute atomic E-state index is 13.5. The van der Waals surface area contributed by atoms with Crippen LogP contribution in [-0.4, -0.2) is 41.9 Å². The molecule has 0 unspecified atom stereocenters. The number of carbonyl (C=O) groups is 1. The molecule has 0 radical (unpaired) electrons. The van der Waals surface area contributed by atoms with E-state index in [1.807, 2.05) is 31.2 Å². The van der Waals surface area contributed by atoms with Gasteiger partial charge >= 0.3 is 0 Å². The number of piperidine rings is 1. The van der Waals surface area contributed by atoms with Crippen LogP contribution in [0.4, 0.5) is 5.69 Å². The summed E-state index contributed by atoms with van der Waals surface area (Å²) in [5, 5.41) is 7.01. The van der Waals surface area contributed by atoms with Gasteiger partial charge in [0.2, 0.25) is 27.6 Å². The molecule has 2 fully saturated rings. The summed E-state index contributed by atoms with van der Waals surface area (Å²) in [5.74, 6) is 0.842. The van der Waals surface area contributed by atoms with E-state index in [-0.39, 0.29) is 17.3 Å². The molecule has 1 saturated heterocycles. The smallest absolute Gasteiger partial charge is 0.244 e. The molecular formula is C24H28N4O4S2. The lowest BCUT2D eigenvalue weighted by molar-refractivity contribution is -0.120. The molecule has 1 amide bonds. The fourth-order valence-corrected chi connectivity index (χ4v) is 7.39. The number of thiophene rings is 1. The van der Waals surface area contributed by atoms with Gasteiger partial charge in [-0.1, -0.05) is 29.3 Å². The Hall–Kier alpha value is -2.56. The Balaban J connectivity index is 1.31. The predicted octanol–water partition coefficient (Wildman–Crippen LogP) is 4.72. The van der Waals surface area contributed by atoms with Gasteiger partial charge in [-0.2, -0.15) is 9.29 Å². The van der Waals surface area contributed by atoms with E-state index in [1.54, 1.807) is 13.0 Å². The van der Waals surface area contributed by atoms with Crippen molar-refractivity contribution in [3.05, 3.63) is 46.7 Å². The number of aromatic nitrogens is 2. The molecule has 34 heavy (non-hydrogen) atoms. The number of hydrogen-bond donors (Lipinski definition) is 1. The largest absolute Gasteiger partial charge is 0.339 e. The molecule has 1 aliphatic carbocycles. The molecule has 10 heteroatoms. The van der Waals surface area contributed by atoms with E-state index >= 15 is 0 Å². The zero-order valence-corrected chi connectivity index (χ0v) is 20.9. The SMILES string of the molecule is Cc1ccc(NC(=O)[C@H]2CCCN(S(=O)(=O)c3cc(-c4noc(C5CCC5)n4)sc3C)C2)cc1. The monoisotopic (exact) mass is 500 g/mol. The molecule has 1 aliphatic heterocycles. The van der Waals surface area contributed by atoms with Crippen molar-refractivity contribution >= 4 is 33.0 Å². The van der Waals surface area contributed by atoms with Crippen LogP contribution in [0.25, 0.3) is 10.7 Å². The van der Waals surface area contributed by atoms with E-state index < -0.39 is 15.9 Å². The standard InChI is InChI=1S/C24H28N4O4S2/c1-15-8-10-19(11-9-15)25-23(29)18-7-4-12-28(14-18)34(30,31)21-13-20(33-16(21)2)22-26-24(32-27-22)17-5-3-6-17/h8-11,13,17-18H,3-7,12,14H2,1-2H3,(H,25,29)/t18-/m0/s1. The Morgan fingerprint density at radius 3 is 2.62 bits per heavy atom. The predicted molar refractivity (Wildman–Crippen MR) is 130 cm³/mol. The van der Waals surface area contributed by atoms with Crippen molar-refractivity contribution in [3.63, 3.8) is 0 Å². The molecule has 0 bridgehead atoms. The van der Waals surface area contributed by atoms with Gasteiger partial charge in [-0.15, -0.1) is 11.3 Å². The Bertz CT molecular complexity index is 1290. The first-order chi connectivity index (χ1) is 16.3. The highest BCUT2D eigenvalue weighted by Gasteiger charge is 2.35. The van der Waals surface area contributed by atoms with E-state index in [2.05, 4.69) is 15.5 Å². The van der Waals surface area contributed by atoms with Crippen molar-refractivity contribution in [1.29, 1.82) is 0 Å². The second-order valence-corrected chi connectivity index (χ2v) is 12.3. The third-order valence-corrected chi connectivity index (χ3v) is 9.85. The minimum atomic E-state index is -3.75. The second-order valence-electron chi connectivity index (χ2n) is 9.17. The molecule has 1 saturated carbocycles. The second kappa shape index (κ2) is 9.24. The van der Waals surface area contributed by atoms with Crippen molar-refractivity contribution in [2.24, 2.45) is 5.92 Å². The molecule has 2 aromatic heterocycles. The zero-order valence-electron chi connectivity index (χ0n) is 19.3. The number of benzene rings is 1. The number of aryl methyl sites for hydroxylation is 2. The van der Waals surface area contributed by atoms with Gasteiger partial charge in [0.25, 0.3) is 0 Å². The minimum absolute atomic E-state index is 0.151. The third-order valence-electron chi connectivity index (χ3n) is 6.68. The topological polar surface area (TPSA) is 105 Å². The number of amides is 1. The van der Waals surface area contributed by atoms with Crippen LogP contribution in [0.5, 0.6) is 0 Å². The van der Waals surface area contributed by atoms with Crippen LogP contribution in [0.15, 0.2) is 39.8 Å². The van der Waals surface area contributed by atoms with E-state index in [4.69, 9.17) is 4.52 Å². The summed E-state index contributed by atoms with van der Waals surface area (Å²) in [5.41, 5.74) is 1.83. The molecule has 3 aromatic rings. The van der Waals surface area contributed by atoms with Crippen molar-refractivity contribution in [3.8, 4) is 10.7 Å². The Morgan fingerprint density at radius 2 is 1.91 bits per heavy atom. The van der Waals surface area contributed by atoms with E-state index in [0.717, 1.165) is 24.1 Å². The summed E-state index contributed by atoms with van der Waals surface area (Å²) in [6.07, 6.45) is 4.57. The maximum atomic E-state index is 13.5. The molecule has 3 heterocycles. The minimum Gasteiger partial charge on any atom is -0.339 e. The average molecular weight is 501 g/mol. The van der Waals surface area contributed by atoms with Crippen LogP contribution in [0, 0.1) is 19.8 Å². The van der Waals surface area contributed by atoms with Gasteiger partial charge in [0.15, 0.2) is 0 Å². The van der Waals surface area contributed by atoms with Gasteiger partial charge in [-0.25, -0.2) is 8.42 Å². The number of carbonyl (C=O) groups excluding carboxylic acids is 1. The number of nitrogens with one attached hydrogen (secondary N) is 1. The van der Waals surface area contributed by atoms with Crippen LogP contribution in [0.2, 0.25) is 0 Å². The third kappa shape index (κ3) is 4.54. The van der Waals surface area contributed by atoms with Gasteiger partial charge < -0.3 is 9.84 Å². The van der Waals surface area contributed by atoms with Gasteiger partial charge in [0, 0.05) is 29.6 Å². The first-order valence-corrected chi connectivity index (χ1v) is 13.9. The quantitative estimate of drug-likeness (QED) is 0.525. The van der Waals surface area contributed by atoms with Crippen LogP contribution in [0.1, 0.15) is 54.4 Å². The van der Waals surface area contributed by atoms with E-state index in [0.29, 0.717) is 46.8 Å². The normalized spacial score (nSPS) is 19.6. The average Bonchev–Trinajstić information content (AvgIpc) is 3.41. The lowest BCUT2D eigenvalue weighted by Crippen LogP contribution is -2.43. The molecule has 5 rings (SSSR count). The molecule has 2 aliphatic rings. The van der Waals surface area contributed by atoms with Crippen molar-refractivity contribution in [2.75, 3.05) is 18.4 Å². The van der Waals surface area contributed by atoms with Crippen LogP contribution in [0.3, 0.4) is 0 Å². The van der Waals surface area contributed by atoms with E-state index in [9.17, 15) is 13.2 Å². The first kappa shape index (κ1) is 23.2. The highest BCUT2D eigenvalue weighted by molar-refractivity contribution is 7.89. The van der Waals surface area contributed by atoms with Gasteiger partial charge in [-0.05, 0) is 57.7 Å². The maximum Gasteiger partial charge on any atom is 0.244 e. The van der Waals surface area contributed by atoms with Crippen LogP contribution in [-0.2, 0) is 14.8 Å². The zero-order chi connectivity index (χ0) is 23.9. The number of hydrogen-bond acceptors (Lipinski definition) is 7. The Kier molecular flexibility index (Phi) is 6.30. The molecule has 1 aromatic carbocycles. The molecular weight excluding hydrogens is 472 g/mol. The summed E-state index contributed by atoms with van der Waals surface area (Å²) in [7, 11) is -3.75. The fourth-order valence-electron chi connectivity index (χ4n) is 4.38. The first-order valence-electron chi connectivity index (χ1n) is 11.6. The number of rotatable bonds is 6. The number of sulfonamides is 1. The van der Waals surface area contributed by atoms with Gasteiger partial charge in [0.05, 0.1) is 15.7 Å². The van der Waals surface area contributed by atoms with Gasteiger partial charge in [0.1, 0.15) is 0 Å². The summed E-state index contributed by atoms with van der Waals surface area (Å²) in [6.45, 7) is 4.34. The Morgan fingerprint density at radius 1 is 1.15 bits per heavy atom. The summed E-state index contributed by atoms with van der Waals surface area (Å²) in [4.78, 5) is 19.0. The van der Waals surface area contributed by atoms with Gasteiger partial charge in [-0.3, -0.25) is 4.79 Å². The van der Waals surface area contributed by atoms with Crippen molar-refractivity contribution in [1.82, 2.24) is 14.4 Å². The molecule has 180 valence electrons. The highest BCUT2D eigenvalue weighted by atomic mass is 32.2. The van der Waals surface area contributed by atoms with Crippen molar-refractivity contribution < 1.29 is 17.7 Å². The van der Waals surface area contributed by atoms with Crippen LogP contribution >= 0.6 is 11.3 Å².